The van der Waals surface area contributed by atoms with E-state index in [9.17, 15) is 4.79 Å². The summed E-state index contributed by atoms with van der Waals surface area (Å²) in [7, 11) is 0. The molecule has 1 saturated heterocycles. The third-order valence-electron chi connectivity index (χ3n) is 2.76. The van der Waals surface area contributed by atoms with Crippen molar-refractivity contribution in [2.75, 3.05) is 31.2 Å². The average Bonchev–Trinajstić information content (AvgIpc) is 2.39. The highest BCUT2D eigenvalue weighted by atomic mass is 16.5. The lowest BCUT2D eigenvalue weighted by molar-refractivity contribution is 0.0943. The summed E-state index contributed by atoms with van der Waals surface area (Å²) in [6.07, 6.45) is 1.68. The van der Waals surface area contributed by atoms with E-state index in [0.29, 0.717) is 18.8 Å². The van der Waals surface area contributed by atoms with Crippen LogP contribution in [0, 0.1) is 0 Å². The number of hydrogen-bond acceptors (Lipinski definition) is 4. The van der Waals surface area contributed by atoms with E-state index in [1.807, 2.05) is 19.9 Å². The number of nitrogens with one attached hydrogen (secondary N) is 1. The number of amides is 1. The van der Waals surface area contributed by atoms with Crippen LogP contribution in [0.15, 0.2) is 18.3 Å². The predicted molar refractivity (Wildman–Crippen MR) is 69.9 cm³/mol. The van der Waals surface area contributed by atoms with Crippen LogP contribution in [0.3, 0.4) is 0 Å². The molecule has 5 heteroatoms. The highest BCUT2D eigenvalue weighted by Crippen LogP contribution is 2.14. The summed E-state index contributed by atoms with van der Waals surface area (Å²) in [5, 5.41) is 2.88. The maximum atomic E-state index is 11.9. The van der Waals surface area contributed by atoms with E-state index in [4.69, 9.17) is 4.74 Å². The van der Waals surface area contributed by atoms with E-state index in [0.717, 1.165) is 18.9 Å². The van der Waals surface area contributed by atoms with Gasteiger partial charge < -0.3 is 15.0 Å². The molecular formula is C13H19N3O2. The molecule has 5 nitrogen and oxygen atoms in total. The van der Waals surface area contributed by atoms with Crippen LogP contribution >= 0.6 is 0 Å². The summed E-state index contributed by atoms with van der Waals surface area (Å²) < 4.78 is 5.30. The van der Waals surface area contributed by atoms with Crippen LogP contribution in [0.25, 0.3) is 0 Å². The minimum Gasteiger partial charge on any atom is -0.378 e. The van der Waals surface area contributed by atoms with Crippen LogP contribution in [0.1, 0.15) is 24.2 Å². The SMILES string of the molecule is CC(C)NC(=O)c1ccnc(N2CCOCC2)c1. The lowest BCUT2D eigenvalue weighted by Gasteiger charge is -2.27. The Kier molecular flexibility index (Phi) is 4.15. The zero-order valence-corrected chi connectivity index (χ0v) is 10.8. The summed E-state index contributed by atoms with van der Waals surface area (Å²) in [5.41, 5.74) is 0.653. The lowest BCUT2D eigenvalue weighted by atomic mass is 10.2. The molecule has 0 atom stereocenters. The molecule has 1 N–H and O–H groups in total. The zero-order chi connectivity index (χ0) is 13.0. The number of nitrogens with zero attached hydrogens (tertiary/aromatic N) is 2. The van der Waals surface area contributed by atoms with Crippen LogP contribution in [0.2, 0.25) is 0 Å². The highest BCUT2D eigenvalue weighted by Gasteiger charge is 2.14. The molecule has 0 aliphatic carbocycles. The molecule has 18 heavy (non-hydrogen) atoms. The van der Waals surface area contributed by atoms with E-state index >= 15 is 0 Å². The molecule has 1 amide bonds. The van der Waals surface area contributed by atoms with Crippen molar-refractivity contribution < 1.29 is 9.53 Å². The van der Waals surface area contributed by atoms with Crippen molar-refractivity contribution in [1.29, 1.82) is 0 Å². The first-order chi connectivity index (χ1) is 8.66. The molecule has 1 aromatic rings. The number of aromatic nitrogens is 1. The van der Waals surface area contributed by atoms with E-state index in [-0.39, 0.29) is 11.9 Å². The first kappa shape index (κ1) is 12.8. The van der Waals surface area contributed by atoms with Crippen molar-refractivity contribution in [3.8, 4) is 0 Å². The van der Waals surface area contributed by atoms with Gasteiger partial charge in [-0.05, 0) is 26.0 Å². The minimum absolute atomic E-state index is 0.0538. The van der Waals surface area contributed by atoms with Crippen LogP contribution in [-0.2, 0) is 4.74 Å². The molecule has 1 fully saturated rings. The summed E-state index contributed by atoms with van der Waals surface area (Å²) in [4.78, 5) is 18.4. The molecule has 0 bridgehead atoms. The first-order valence-corrected chi connectivity index (χ1v) is 6.26. The van der Waals surface area contributed by atoms with Crippen molar-refractivity contribution in [2.45, 2.75) is 19.9 Å². The summed E-state index contributed by atoms with van der Waals surface area (Å²) in [6.45, 7) is 6.96. The van der Waals surface area contributed by atoms with Crippen molar-refractivity contribution in [2.24, 2.45) is 0 Å². The Hall–Kier alpha value is -1.62. The Morgan fingerprint density at radius 3 is 2.83 bits per heavy atom. The van der Waals surface area contributed by atoms with Gasteiger partial charge in [0.25, 0.3) is 5.91 Å². The molecule has 1 aliphatic heterocycles. The number of ether oxygens (including phenoxy) is 1. The molecular weight excluding hydrogens is 230 g/mol. The van der Waals surface area contributed by atoms with Gasteiger partial charge in [-0.3, -0.25) is 4.79 Å². The van der Waals surface area contributed by atoms with Gasteiger partial charge >= 0.3 is 0 Å². The van der Waals surface area contributed by atoms with Crippen LogP contribution in [0.5, 0.6) is 0 Å². The lowest BCUT2D eigenvalue weighted by Crippen LogP contribution is -2.37. The maximum Gasteiger partial charge on any atom is 0.251 e. The fraction of sp³-hybridized carbons (Fsp3) is 0.538. The molecule has 1 aromatic heterocycles. The van der Waals surface area contributed by atoms with Gasteiger partial charge in [-0.25, -0.2) is 4.98 Å². The second-order valence-corrected chi connectivity index (χ2v) is 4.63. The quantitative estimate of drug-likeness (QED) is 0.870. The number of anilines is 1. The van der Waals surface area contributed by atoms with Gasteiger partial charge in [-0.2, -0.15) is 0 Å². The summed E-state index contributed by atoms with van der Waals surface area (Å²) in [5.74, 6) is 0.789. The number of carbonyl (C=O) groups is 1. The number of carbonyl (C=O) groups excluding carboxylic acids is 1. The van der Waals surface area contributed by atoms with Crippen molar-refractivity contribution in [3.05, 3.63) is 23.9 Å². The predicted octanol–water partition coefficient (Wildman–Crippen LogP) is 1.06. The van der Waals surface area contributed by atoms with Crippen molar-refractivity contribution in [3.63, 3.8) is 0 Å². The van der Waals surface area contributed by atoms with Gasteiger partial charge in [0.05, 0.1) is 13.2 Å². The first-order valence-electron chi connectivity index (χ1n) is 6.26. The summed E-state index contributed by atoms with van der Waals surface area (Å²) >= 11 is 0. The number of rotatable bonds is 3. The Labute approximate surface area is 107 Å². The molecule has 0 unspecified atom stereocenters. The fourth-order valence-corrected chi connectivity index (χ4v) is 1.87. The average molecular weight is 249 g/mol. The fourth-order valence-electron chi connectivity index (χ4n) is 1.87. The standard InChI is InChI=1S/C13H19N3O2/c1-10(2)15-13(17)11-3-4-14-12(9-11)16-5-7-18-8-6-16/h3-4,9-10H,5-8H2,1-2H3,(H,15,17). The molecule has 1 aliphatic rings. The van der Waals surface area contributed by atoms with Crippen LogP contribution in [0.4, 0.5) is 5.82 Å². The van der Waals surface area contributed by atoms with Crippen molar-refractivity contribution >= 4 is 11.7 Å². The van der Waals surface area contributed by atoms with Crippen LogP contribution in [-0.4, -0.2) is 43.2 Å². The minimum atomic E-state index is -0.0538. The normalized spacial score (nSPS) is 15.8. The van der Waals surface area contributed by atoms with Crippen molar-refractivity contribution in [1.82, 2.24) is 10.3 Å². The zero-order valence-electron chi connectivity index (χ0n) is 10.8. The van der Waals surface area contributed by atoms with E-state index in [1.54, 1.807) is 12.3 Å². The monoisotopic (exact) mass is 249 g/mol. The third-order valence-corrected chi connectivity index (χ3v) is 2.76. The Balaban J connectivity index is 2.11. The van der Waals surface area contributed by atoms with Gasteiger partial charge in [0.2, 0.25) is 0 Å². The number of morpholine rings is 1. The van der Waals surface area contributed by atoms with E-state index < -0.39 is 0 Å². The second kappa shape index (κ2) is 5.82. The highest BCUT2D eigenvalue weighted by molar-refractivity contribution is 5.94. The Morgan fingerprint density at radius 1 is 1.44 bits per heavy atom. The molecule has 0 aromatic carbocycles. The Bertz CT molecular complexity index is 414. The van der Waals surface area contributed by atoms with Gasteiger partial charge in [0.15, 0.2) is 0 Å². The van der Waals surface area contributed by atoms with Gasteiger partial charge in [-0.1, -0.05) is 0 Å². The number of pyridine rings is 1. The third kappa shape index (κ3) is 3.20. The molecule has 0 radical (unpaired) electrons. The summed E-state index contributed by atoms with van der Waals surface area (Å²) in [6, 6.07) is 3.71. The Morgan fingerprint density at radius 2 is 2.17 bits per heavy atom. The van der Waals surface area contributed by atoms with Gasteiger partial charge in [0.1, 0.15) is 5.82 Å². The maximum absolute atomic E-state index is 11.9. The molecule has 0 spiro atoms. The topological polar surface area (TPSA) is 54.5 Å². The van der Waals surface area contributed by atoms with Crippen LogP contribution < -0.4 is 10.2 Å². The molecule has 0 saturated carbocycles. The molecule has 2 heterocycles. The van der Waals surface area contributed by atoms with Gasteiger partial charge in [0, 0.05) is 30.9 Å². The smallest absolute Gasteiger partial charge is 0.251 e. The van der Waals surface area contributed by atoms with Gasteiger partial charge in [-0.15, -0.1) is 0 Å². The molecule has 2 rings (SSSR count). The second-order valence-electron chi connectivity index (χ2n) is 4.63. The molecule has 98 valence electrons. The van der Waals surface area contributed by atoms with E-state index in [1.165, 1.54) is 0 Å². The van der Waals surface area contributed by atoms with E-state index in [2.05, 4.69) is 15.2 Å². The largest absolute Gasteiger partial charge is 0.378 e. The number of hydrogen-bond donors (Lipinski definition) is 1.